The van der Waals surface area contributed by atoms with Gasteiger partial charge in [-0.2, -0.15) is 4.98 Å². The number of nitrogens with two attached hydrogens (primary N) is 1. The first-order chi connectivity index (χ1) is 13.8. The molecule has 29 heavy (non-hydrogen) atoms. The van der Waals surface area contributed by atoms with Crippen LogP contribution in [-0.4, -0.2) is 49.6 Å². The Bertz CT molecular complexity index is 1060. The van der Waals surface area contributed by atoms with Crippen LogP contribution in [-0.2, 0) is 30.3 Å². The summed E-state index contributed by atoms with van der Waals surface area (Å²) in [6, 6.07) is 0. The van der Waals surface area contributed by atoms with Gasteiger partial charge < -0.3 is 19.9 Å². The highest BCUT2D eigenvalue weighted by Gasteiger charge is 2.51. The number of carbonyl (C=O) groups excluding carboxylic acids is 2. The van der Waals surface area contributed by atoms with Crippen molar-refractivity contribution in [2.75, 3.05) is 5.73 Å². The van der Waals surface area contributed by atoms with Crippen molar-refractivity contribution in [3.05, 3.63) is 16.7 Å². The molecule has 154 valence electrons. The molecule has 0 aliphatic carbocycles. The van der Waals surface area contributed by atoms with E-state index in [4.69, 9.17) is 26.4 Å². The van der Waals surface area contributed by atoms with Gasteiger partial charge in [0.25, 0.3) is 0 Å². The van der Waals surface area contributed by atoms with Crippen LogP contribution in [0.4, 0.5) is 10.3 Å². The van der Waals surface area contributed by atoms with E-state index >= 15 is 0 Å². The lowest BCUT2D eigenvalue weighted by atomic mass is 10.2. The van der Waals surface area contributed by atoms with Crippen LogP contribution < -0.4 is 11.4 Å². The van der Waals surface area contributed by atoms with E-state index < -0.39 is 42.4 Å². The number of aromatic nitrogens is 4. The number of alkyl halides is 1. The molecule has 1 aliphatic heterocycles. The zero-order chi connectivity index (χ0) is 21.3. The summed E-state index contributed by atoms with van der Waals surface area (Å²) in [4.78, 5) is 43.9. The molecule has 0 radical (unpaired) electrons. The lowest BCUT2D eigenvalue weighted by Crippen LogP contribution is -2.37. The standard InChI is InChI=1S/C17H18FN5O6/c1-4-6-22-9-7-20-16(19)21-13(9)23(17(22)26)14-12(27-8(3)24)11(18)15(29-14)28-10(25)5-2/h1,7,11-12,14-15H,5-6H2,2-3H3,(H2,19,20,21)/t11-,12+,14+,15-/m0/s1. The van der Waals surface area contributed by atoms with Gasteiger partial charge in [0.15, 0.2) is 18.0 Å². The molecule has 11 nitrogen and oxygen atoms in total. The van der Waals surface area contributed by atoms with Crippen LogP contribution in [0.1, 0.15) is 26.5 Å². The molecule has 4 atom stereocenters. The number of nitrogens with zero attached hydrogens (tertiary/aromatic N) is 4. The van der Waals surface area contributed by atoms with E-state index in [1.807, 2.05) is 0 Å². The molecule has 1 fully saturated rings. The quantitative estimate of drug-likeness (QED) is 0.531. The number of halogens is 1. The minimum Gasteiger partial charge on any atom is -0.454 e. The van der Waals surface area contributed by atoms with Gasteiger partial charge in [0.05, 0.1) is 12.7 Å². The number of anilines is 1. The molecule has 0 aromatic carbocycles. The van der Waals surface area contributed by atoms with Crippen LogP contribution in [0.3, 0.4) is 0 Å². The summed E-state index contributed by atoms with van der Waals surface area (Å²) in [5.41, 5.74) is 5.12. The molecule has 2 aromatic heterocycles. The van der Waals surface area contributed by atoms with Gasteiger partial charge in [-0.15, -0.1) is 6.42 Å². The van der Waals surface area contributed by atoms with Gasteiger partial charge in [-0.3, -0.25) is 14.2 Å². The van der Waals surface area contributed by atoms with Crippen molar-refractivity contribution < 1.29 is 28.2 Å². The van der Waals surface area contributed by atoms with E-state index in [1.54, 1.807) is 0 Å². The Morgan fingerprint density at radius 2 is 2.17 bits per heavy atom. The van der Waals surface area contributed by atoms with Gasteiger partial charge in [-0.05, 0) is 0 Å². The van der Waals surface area contributed by atoms with Crippen LogP contribution in [0.2, 0.25) is 0 Å². The highest BCUT2D eigenvalue weighted by molar-refractivity contribution is 5.72. The van der Waals surface area contributed by atoms with Crippen LogP contribution in [0.25, 0.3) is 11.2 Å². The summed E-state index contributed by atoms with van der Waals surface area (Å²) < 4.78 is 32.4. The van der Waals surface area contributed by atoms with E-state index in [0.717, 1.165) is 16.1 Å². The van der Waals surface area contributed by atoms with Gasteiger partial charge in [0.1, 0.15) is 5.52 Å². The number of nitrogen functional groups attached to an aromatic ring is 1. The van der Waals surface area contributed by atoms with Crippen molar-refractivity contribution in [3.8, 4) is 12.3 Å². The number of terminal acetylenes is 1. The van der Waals surface area contributed by atoms with Crippen molar-refractivity contribution >= 4 is 29.1 Å². The number of rotatable bonds is 5. The second-order valence-corrected chi connectivity index (χ2v) is 6.14. The third-order valence-corrected chi connectivity index (χ3v) is 4.20. The third-order valence-electron chi connectivity index (χ3n) is 4.20. The van der Waals surface area contributed by atoms with E-state index in [1.165, 1.54) is 13.1 Å². The van der Waals surface area contributed by atoms with Crippen LogP contribution in [0.15, 0.2) is 11.0 Å². The lowest BCUT2D eigenvalue weighted by Gasteiger charge is -2.19. The lowest BCUT2D eigenvalue weighted by molar-refractivity contribution is -0.188. The second-order valence-electron chi connectivity index (χ2n) is 6.14. The van der Waals surface area contributed by atoms with Crippen molar-refractivity contribution in [2.24, 2.45) is 0 Å². The van der Waals surface area contributed by atoms with Gasteiger partial charge in [0.2, 0.25) is 18.4 Å². The fourth-order valence-corrected chi connectivity index (χ4v) is 2.97. The Labute approximate surface area is 163 Å². The first kappa shape index (κ1) is 20.3. The molecule has 0 unspecified atom stereocenters. The van der Waals surface area contributed by atoms with E-state index in [9.17, 15) is 18.8 Å². The Morgan fingerprint density at radius 1 is 1.45 bits per heavy atom. The van der Waals surface area contributed by atoms with Gasteiger partial charge in [-0.25, -0.2) is 18.7 Å². The van der Waals surface area contributed by atoms with Gasteiger partial charge >= 0.3 is 17.6 Å². The highest BCUT2D eigenvalue weighted by Crippen LogP contribution is 2.35. The zero-order valence-electron chi connectivity index (χ0n) is 15.6. The van der Waals surface area contributed by atoms with Crippen molar-refractivity contribution in [3.63, 3.8) is 0 Å². The molecule has 2 aromatic rings. The summed E-state index contributed by atoms with van der Waals surface area (Å²) >= 11 is 0. The summed E-state index contributed by atoms with van der Waals surface area (Å²) in [6.45, 7) is 2.46. The van der Waals surface area contributed by atoms with E-state index in [2.05, 4.69) is 15.9 Å². The predicted molar refractivity (Wildman–Crippen MR) is 95.8 cm³/mol. The average Bonchev–Trinajstić information content (AvgIpc) is 3.10. The third kappa shape index (κ3) is 3.64. The number of esters is 2. The monoisotopic (exact) mass is 407 g/mol. The number of hydrogen-bond acceptors (Lipinski definition) is 9. The maximum Gasteiger partial charge on any atom is 0.333 e. The zero-order valence-corrected chi connectivity index (χ0v) is 15.6. The van der Waals surface area contributed by atoms with E-state index in [0.29, 0.717) is 0 Å². The number of ether oxygens (including phenoxy) is 3. The minimum atomic E-state index is -2.04. The maximum absolute atomic E-state index is 14.9. The maximum atomic E-state index is 14.9. The summed E-state index contributed by atoms with van der Waals surface area (Å²) in [6.07, 6.45) is -0.221. The number of hydrogen-bond donors (Lipinski definition) is 1. The predicted octanol–water partition coefficient (Wildman–Crippen LogP) is -0.114. The van der Waals surface area contributed by atoms with Gasteiger partial charge in [-0.1, -0.05) is 12.8 Å². The Balaban J connectivity index is 2.15. The molecule has 0 saturated carbocycles. The number of imidazole rings is 1. The Hall–Kier alpha value is -3.46. The number of carbonyl (C=O) groups is 2. The molecule has 0 amide bonds. The van der Waals surface area contributed by atoms with Crippen LogP contribution >= 0.6 is 0 Å². The fourth-order valence-electron chi connectivity index (χ4n) is 2.97. The normalized spacial score (nSPS) is 23.7. The minimum absolute atomic E-state index is 0.00503. The first-order valence-electron chi connectivity index (χ1n) is 8.61. The average molecular weight is 407 g/mol. The molecular formula is C17H18FN5O6. The van der Waals surface area contributed by atoms with E-state index in [-0.39, 0.29) is 30.1 Å². The Kier molecular flexibility index (Phi) is 5.51. The second kappa shape index (κ2) is 7.88. The molecule has 1 saturated heterocycles. The molecule has 2 N–H and O–H groups in total. The smallest absolute Gasteiger partial charge is 0.333 e. The molecule has 3 heterocycles. The summed E-state index contributed by atoms with van der Waals surface area (Å²) in [5.74, 6) is 0.623. The fraction of sp³-hybridized carbons (Fsp3) is 0.471. The SMILES string of the molecule is C#CCn1c(=O)n([C@@H]2O[C@H](OC(=O)CC)[C@@H](F)[C@H]2OC(C)=O)c2nc(N)ncc21. The van der Waals surface area contributed by atoms with Crippen LogP contribution in [0.5, 0.6) is 0 Å². The Morgan fingerprint density at radius 3 is 2.79 bits per heavy atom. The largest absolute Gasteiger partial charge is 0.454 e. The molecule has 12 heteroatoms. The topological polar surface area (TPSA) is 141 Å². The van der Waals surface area contributed by atoms with Crippen LogP contribution in [0, 0.1) is 12.3 Å². The molecule has 3 rings (SSSR count). The summed E-state index contributed by atoms with van der Waals surface area (Å²) in [7, 11) is 0. The highest BCUT2D eigenvalue weighted by atomic mass is 19.1. The number of fused-ring (bicyclic) bond motifs is 1. The first-order valence-corrected chi connectivity index (χ1v) is 8.61. The van der Waals surface area contributed by atoms with Crippen molar-refractivity contribution in [2.45, 2.75) is 51.6 Å². The molecule has 0 bridgehead atoms. The summed E-state index contributed by atoms with van der Waals surface area (Å²) in [5, 5.41) is 0. The van der Waals surface area contributed by atoms with Gasteiger partial charge in [0, 0.05) is 13.3 Å². The molecule has 0 spiro atoms. The van der Waals surface area contributed by atoms with Crippen molar-refractivity contribution in [1.29, 1.82) is 0 Å². The molecular weight excluding hydrogens is 389 g/mol. The molecule has 1 aliphatic rings. The van der Waals surface area contributed by atoms with Crippen molar-refractivity contribution in [1.82, 2.24) is 19.1 Å².